The van der Waals surface area contributed by atoms with Crippen molar-refractivity contribution in [2.24, 2.45) is 13.0 Å². The fourth-order valence-corrected chi connectivity index (χ4v) is 5.31. The maximum absolute atomic E-state index is 12.7. The standard InChI is InChI=1S/C22H24N4O2S/c1-24-13-16(18-4-2-3-5-20(18)24)8-21(27)25-10-15(11-25)12-26-22(28)9-17-14-29-7-6-19(17)23-26/h2-5,9,13,15H,6-8,10-12,14H2,1H3. The van der Waals surface area contributed by atoms with Gasteiger partial charge in [-0.05, 0) is 22.9 Å². The minimum Gasteiger partial charge on any atom is -0.350 e. The van der Waals surface area contributed by atoms with E-state index in [0.29, 0.717) is 32.0 Å². The van der Waals surface area contributed by atoms with Crippen LogP contribution in [0, 0.1) is 5.92 Å². The minimum absolute atomic E-state index is 0.0215. The van der Waals surface area contributed by atoms with Gasteiger partial charge in [-0.25, -0.2) is 4.68 Å². The number of rotatable bonds is 4. The van der Waals surface area contributed by atoms with Gasteiger partial charge in [-0.3, -0.25) is 9.59 Å². The zero-order valence-electron chi connectivity index (χ0n) is 16.5. The van der Waals surface area contributed by atoms with Crippen LogP contribution in [-0.2, 0) is 37.0 Å². The van der Waals surface area contributed by atoms with Crippen molar-refractivity contribution >= 4 is 28.6 Å². The Morgan fingerprint density at radius 1 is 1.28 bits per heavy atom. The molecule has 0 spiro atoms. The average Bonchev–Trinajstić information content (AvgIpc) is 3.00. The highest BCUT2D eigenvalue weighted by Crippen LogP contribution is 2.24. The molecule has 6 nitrogen and oxygen atoms in total. The molecule has 0 atom stereocenters. The lowest BCUT2D eigenvalue weighted by atomic mass is 9.98. The van der Waals surface area contributed by atoms with Crippen molar-refractivity contribution in [1.29, 1.82) is 0 Å². The summed E-state index contributed by atoms with van der Waals surface area (Å²) in [6, 6.07) is 9.92. The molecule has 5 rings (SSSR count). The Kier molecular flexibility index (Phi) is 4.70. The molecule has 7 heteroatoms. The number of aryl methyl sites for hydroxylation is 2. The number of likely N-dealkylation sites (tertiary alicyclic amines) is 1. The molecule has 150 valence electrons. The SMILES string of the molecule is Cn1cc(CC(=O)N2CC(Cn3nc4c(cc3=O)CSCC4)C2)c2ccccc21. The zero-order valence-corrected chi connectivity index (χ0v) is 17.3. The number of thioether (sulfide) groups is 1. The molecule has 2 aliphatic heterocycles. The summed E-state index contributed by atoms with van der Waals surface area (Å²) in [7, 11) is 2.01. The van der Waals surface area contributed by atoms with Crippen LogP contribution >= 0.6 is 11.8 Å². The van der Waals surface area contributed by atoms with Gasteiger partial charge in [0.05, 0.1) is 18.7 Å². The number of fused-ring (bicyclic) bond motifs is 2. The molecule has 0 aliphatic carbocycles. The predicted molar refractivity (Wildman–Crippen MR) is 115 cm³/mol. The van der Waals surface area contributed by atoms with E-state index in [4.69, 9.17) is 0 Å². The summed E-state index contributed by atoms with van der Waals surface area (Å²) < 4.78 is 3.68. The number of hydrogen-bond acceptors (Lipinski definition) is 4. The molecule has 1 fully saturated rings. The van der Waals surface area contributed by atoms with Gasteiger partial charge in [0.15, 0.2) is 0 Å². The second kappa shape index (κ2) is 7.37. The summed E-state index contributed by atoms with van der Waals surface area (Å²) in [6.45, 7) is 1.99. The molecule has 1 amide bonds. The Morgan fingerprint density at radius 3 is 2.97 bits per heavy atom. The summed E-state index contributed by atoms with van der Waals surface area (Å²) >= 11 is 1.85. The number of carbonyl (C=O) groups excluding carboxylic acids is 1. The van der Waals surface area contributed by atoms with Crippen molar-refractivity contribution in [1.82, 2.24) is 19.2 Å². The van der Waals surface area contributed by atoms with E-state index < -0.39 is 0 Å². The molecular formula is C22H24N4O2S. The van der Waals surface area contributed by atoms with Crippen molar-refractivity contribution in [3.63, 3.8) is 0 Å². The van der Waals surface area contributed by atoms with E-state index in [-0.39, 0.29) is 11.5 Å². The molecule has 2 aliphatic rings. The van der Waals surface area contributed by atoms with Crippen LogP contribution in [0.5, 0.6) is 0 Å². The third-order valence-electron chi connectivity index (χ3n) is 5.97. The van der Waals surface area contributed by atoms with Crippen molar-refractivity contribution < 1.29 is 4.79 Å². The normalized spacial score (nSPS) is 16.7. The van der Waals surface area contributed by atoms with Crippen LogP contribution in [0.3, 0.4) is 0 Å². The third-order valence-corrected chi connectivity index (χ3v) is 6.98. The molecule has 0 radical (unpaired) electrons. The van der Waals surface area contributed by atoms with Gasteiger partial charge >= 0.3 is 0 Å². The van der Waals surface area contributed by atoms with Gasteiger partial charge in [0, 0.05) is 61.4 Å². The summed E-state index contributed by atoms with van der Waals surface area (Å²) in [4.78, 5) is 27.0. The molecule has 2 aromatic heterocycles. The molecule has 29 heavy (non-hydrogen) atoms. The Morgan fingerprint density at radius 2 is 2.10 bits per heavy atom. The predicted octanol–water partition coefficient (Wildman–Crippen LogP) is 2.23. The van der Waals surface area contributed by atoms with Gasteiger partial charge in [-0.15, -0.1) is 0 Å². The zero-order chi connectivity index (χ0) is 20.0. The largest absolute Gasteiger partial charge is 0.350 e. The van der Waals surface area contributed by atoms with Crippen molar-refractivity contribution in [3.8, 4) is 0 Å². The van der Waals surface area contributed by atoms with Gasteiger partial charge in [-0.1, -0.05) is 18.2 Å². The number of benzene rings is 1. The maximum atomic E-state index is 12.7. The fraction of sp³-hybridized carbons (Fsp3) is 0.409. The van der Waals surface area contributed by atoms with Crippen LogP contribution in [0.2, 0.25) is 0 Å². The second-order valence-electron chi connectivity index (χ2n) is 8.06. The lowest BCUT2D eigenvalue weighted by molar-refractivity contribution is -0.137. The van der Waals surface area contributed by atoms with Crippen LogP contribution in [0.15, 0.2) is 41.3 Å². The van der Waals surface area contributed by atoms with E-state index in [0.717, 1.165) is 45.7 Å². The van der Waals surface area contributed by atoms with E-state index in [1.54, 1.807) is 10.7 Å². The minimum atomic E-state index is -0.0215. The topological polar surface area (TPSA) is 60.1 Å². The van der Waals surface area contributed by atoms with Crippen molar-refractivity contribution in [3.05, 3.63) is 63.7 Å². The van der Waals surface area contributed by atoms with Gasteiger partial charge in [0.2, 0.25) is 5.91 Å². The number of amides is 1. The monoisotopic (exact) mass is 408 g/mol. The Labute approximate surface area is 173 Å². The van der Waals surface area contributed by atoms with Gasteiger partial charge in [-0.2, -0.15) is 16.9 Å². The van der Waals surface area contributed by atoms with E-state index in [1.807, 2.05) is 35.8 Å². The molecule has 0 unspecified atom stereocenters. The first kappa shape index (κ1) is 18.5. The molecule has 4 heterocycles. The highest BCUT2D eigenvalue weighted by molar-refractivity contribution is 7.98. The maximum Gasteiger partial charge on any atom is 0.267 e. The lowest BCUT2D eigenvalue weighted by Crippen LogP contribution is -2.52. The first-order chi connectivity index (χ1) is 14.1. The van der Waals surface area contributed by atoms with Crippen molar-refractivity contribution in [2.75, 3.05) is 18.8 Å². The lowest BCUT2D eigenvalue weighted by Gasteiger charge is -2.39. The number of hydrogen-bond donors (Lipinski definition) is 0. The molecule has 1 aromatic carbocycles. The Hall–Kier alpha value is -2.54. The summed E-state index contributed by atoms with van der Waals surface area (Å²) in [6.07, 6.45) is 3.40. The number of para-hydroxylation sites is 1. The molecule has 0 saturated carbocycles. The molecule has 1 saturated heterocycles. The Balaban J connectivity index is 1.22. The smallest absolute Gasteiger partial charge is 0.267 e. The van der Waals surface area contributed by atoms with Gasteiger partial charge < -0.3 is 9.47 Å². The van der Waals surface area contributed by atoms with Crippen molar-refractivity contribution in [2.45, 2.75) is 25.1 Å². The average molecular weight is 409 g/mol. The fourth-order valence-electron chi connectivity index (χ4n) is 4.36. The Bertz CT molecular complexity index is 1140. The summed E-state index contributed by atoms with van der Waals surface area (Å²) in [5.74, 6) is 2.41. The van der Waals surface area contributed by atoms with Gasteiger partial charge in [0.25, 0.3) is 5.56 Å². The van der Waals surface area contributed by atoms with Crippen LogP contribution in [-0.4, -0.2) is 44.0 Å². The highest BCUT2D eigenvalue weighted by atomic mass is 32.2. The molecule has 0 bridgehead atoms. The number of carbonyl (C=O) groups is 1. The quantitative estimate of drug-likeness (QED) is 0.664. The molecular weight excluding hydrogens is 384 g/mol. The van der Waals surface area contributed by atoms with Crippen LogP contribution < -0.4 is 5.56 Å². The molecule has 3 aromatic rings. The van der Waals surface area contributed by atoms with Crippen LogP contribution in [0.25, 0.3) is 10.9 Å². The van der Waals surface area contributed by atoms with Crippen LogP contribution in [0.1, 0.15) is 16.8 Å². The third kappa shape index (κ3) is 3.48. The molecule has 0 N–H and O–H groups in total. The van der Waals surface area contributed by atoms with E-state index in [1.165, 1.54) is 0 Å². The first-order valence-corrected chi connectivity index (χ1v) is 11.2. The number of nitrogens with zero attached hydrogens (tertiary/aromatic N) is 4. The van der Waals surface area contributed by atoms with E-state index in [9.17, 15) is 9.59 Å². The summed E-state index contributed by atoms with van der Waals surface area (Å²) in [5.41, 5.74) is 4.34. The first-order valence-electron chi connectivity index (χ1n) is 10.1. The highest BCUT2D eigenvalue weighted by Gasteiger charge is 2.31. The van der Waals surface area contributed by atoms with Gasteiger partial charge in [0.1, 0.15) is 0 Å². The summed E-state index contributed by atoms with van der Waals surface area (Å²) in [5, 5.41) is 5.74. The van der Waals surface area contributed by atoms with E-state index in [2.05, 4.69) is 28.0 Å². The van der Waals surface area contributed by atoms with Crippen LogP contribution in [0.4, 0.5) is 0 Å². The number of aromatic nitrogens is 3. The van der Waals surface area contributed by atoms with E-state index >= 15 is 0 Å². The second-order valence-corrected chi connectivity index (χ2v) is 9.17.